The number of nitrogens with one attached hydrogen (secondary N) is 1. The summed E-state index contributed by atoms with van der Waals surface area (Å²) in [6.45, 7) is 1.89. The molecule has 0 saturated carbocycles. The molecule has 0 aliphatic rings. The molecule has 6 nitrogen and oxygen atoms in total. The maximum Gasteiger partial charge on any atom is 0.243 e. The number of hydrogen-bond donors (Lipinski definition) is 1. The first-order chi connectivity index (χ1) is 7.56. The van der Waals surface area contributed by atoms with Crippen LogP contribution in [-0.4, -0.2) is 27.1 Å². The van der Waals surface area contributed by atoms with E-state index >= 15 is 0 Å². The van der Waals surface area contributed by atoms with Gasteiger partial charge in [-0.1, -0.05) is 6.92 Å². The first kappa shape index (κ1) is 12.4. The van der Waals surface area contributed by atoms with Gasteiger partial charge in [-0.15, -0.1) is 0 Å². The molecule has 1 heterocycles. The molecule has 0 radical (unpaired) electrons. The van der Waals surface area contributed by atoms with Crippen LogP contribution in [0.15, 0.2) is 17.3 Å². The second-order valence-corrected chi connectivity index (χ2v) is 4.56. The van der Waals surface area contributed by atoms with Crippen molar-refractivity contribution in [1.29, 1.82) is 5.26 Å². The number of sulfonamides is 1. The number of hydrogen-bond acceptors (Lipinski definition) is 5. The fourth-order valence-electron chi connectivity index (χ4n) is 1.16. The number of pyridine rings is 1. The molecule has 0 aromatic carbocycles. The fraction of sp³-hybridized carbons (Fsp3) is 0.333. The molecule has 86 valence electrons. The normalized spacial score (nSPS) is 10.8. The van der Waals surface area contributed by atoms with Gasteiger partial charge >= 0.3 is 0 Å². The summed E-state index contributed by atoms with van der Waals surface area (Å²) in [6, 6.07) is 1.80. The van der Waals surface area contributed by atoms with Crippen molar-refractivity contribution in [3.05, 3.63) is 18.0 Å². The highest BCUT2D eigenvalue weighted by Crippen LogP contribution is 2.22. The SMILES string of the molecule is CCNS(=O)(=O)c1cncc(OC)c1C#N. The van der Waals surface area contributed by atoms with Gasteiger partial charge in [0.1, 0.15) is 16.5 Å². The minimum absolute atomic E-state index is 0.0431. The molecule has 1 N–H and O–H groups in total. The predicted octanol–water partition coefficient (Wildman–Crippen LogP) is 0.260. The first-order valence-electron chi connectivity index (χ1n) is 4.48. The largest absolute Gasteiger partial charge is 0.494 e. The van der Waals surface area contributed by atoms with E-state index in [0.717, 1.165) is 6.20 Å². The molecular weight excluding hydrogens is 230 g/mol. The Balaban J connectivity index is 3.41. The summed E-state index contributed by atoms with van der Waals surface area (Å²) in [5, 5.41) is 8.91. The summed E-state index contributed by atoms with van der Waals surface area (Å²) in [4.78, 5) is 3.55. The van der Waals surface area contributed by atoms with Crippen LogP contribution in [0.4, 0.5) is 0 Å². The molecule has 1 rings (SSSR count). The number of rotatable bonds is 4. The molecule has 0 fully saturated rings. The first-order valence-corrected chi connectivity index (χ1v) is 5.97. The molecule has 16 heavy (non-hydrogen) atoms. The van der Waals surface area contributed by atoms with Crippen LogP contribution in [-0.2, 0) is 10.0 Å². The summed E-state index contributed by atoms with van der Waals surface area (Å²) in [5.74, 6) is 0.140. The van der Waals surface area contributed by atoms with Gasteiger partial charge in [0.15, 0.2) is 5.75 Å². The van der Waals surface area contributed by atoms with E-state index in [1.165, 1.54) is 13.3 Å². The van der Waals surface area contributed by atoms with Gasteiger partial charge < -0.3 is 4.74 Å². The summed E-state index contributed by atoms with van der Waals surface area (Å²) in [5.41, 5.74) is -0.0431. The van der Waals surface area contributed by atoms with Crippen LogP contribution in [0.5, 0.6) is 5.75 Å². The Morgan fingerprint density at radius 2 is 2.25 bits per heavy atom. The van der Waals surface area contributed by atoms with Crippen LogP contribution in [0.25, 0.3) is 0 Å². The van der Waals surface area contributed by atoms with Crippen molar-refractivity contribution in [2.45, 2.75) is 11.8 Å². The van der Waals surface area contributed by atoms with Gasteiger partial charge in [0, 0.05) is 12.7 Å². The fourth-order valence-corrected chi connectivity index (χ4v) is 2.31. The lowest BCUT2D eigenvalue weighted by atomic mass is 10.3. The number of nitrogens with zero attached hydrogens (tertiary/aromatic N) is 2. The third-order valence-electron chi connectivity index (χ3n) is 1.83. The number of ether oxygens (including phenoxy) is 1. The van der Waals surface area contributed by atoms with E-state index in [4.69, 9.17) is 10.00 Å². The van der Waals surface area contributed by atoms with Crippen LogP contribution in [0.2, 0.25) is 0 Å². The Bertz CT molecular complexity index is 519. The highest BCUT2D eigenvalue weighted by atomic mass is 32.2. The van der Waals surface area contributed by atoms with Gasteiger partial charge in [-0.2, -0.15) is 5.26 Å². The number of methoxy groups -OCH3 is 1. The van der Waals surface area contributed by atoms with Gasteiger partial charge in [-0.3, -0.25) is 4.98 Å². The summed E-state index contributed by atoms with van der Waals surface area (Å²) in [7, 11) is -2.35. The molecule has 7 heteroatoms. The van der Waals surface area contributed by atoms with Crippen LogP contribution < -0.4 is 9.46 Å². The van der Waals surface area contributed by atoms with Gasteiger partial charge in [-0.05, 0) is 0 Å². The topological polar surface area (TPSA) is 92.1 Å². The third kappa shape index (κ3) is 2.29. The Hall–Kier alpha value is -1.65. The Labute approximate surface area is 93.9 Å². The molecular formula is C9H11N3O3S. The van der Waals surface area contributed by atoms with Crippen molar-refractivity contribution in [2.75, 3.05) is 13.7 Å². The second kappa shape index (κ2) is 4.92. The van der Waals surface area contributed by atoms with Gasteiger partial charge in [0.05, 0.1) is 13.3 Å². The maximum atomic E-state index is 11.7. The minimum atomic E-state index is -3.70. The lowest BCUT2D eigenvalue weighted by Gasteiger charge is -2.08. The van der Waals surface area contributed by atoms with E-state index in [1.807, 2.05) is 0 Å². The minimum Gasteiger partial charge on any atom is -0.494 e. The zero-order valence-corrected chi connectivity index (χ0v) is 9.71. The van der Waals surface area contributed by atoms with Crippen molar-refractivity contribution >= 4 is 10.0 Å². The maximum absolute atomic E-state index is 11.7. The average Bonchev–Trinajstić information content (AvgIpc) is 2.27. The molecule has 0 amide bonds. The third-order valence-corrected chi connectivity index (χ3v) is 3.39. The van der Waals surface area contributed by atoms with E-state index in [0.29, 0.717) is 0 Å². The van der Waals surface area contributed by atoms with Crippen LogP contribution >= 0.6 is 0 Å². The molecule has 0 unspecified atom stereocenters. The molecule has 0 saturated heterocycles. The van der Waals surface area contributed by atoms with E-state index < -0.39 is 10.0 Å². The summed E-state index contributed by atoms with van der Waals surface area (Å²) in [6.07, 6.45) is 2.42. The van der Waals surface area contributed by atoms with Crippen LogP contribution in [0, 0.1) is 11.3 Å². The Morgan fingerprint density at radius 1 is 1.56 bits per heavy atom. The zero-order chi connectivity index (χ0) is 12.2. The van der Waals surface area contributed by atoms with Crippen LogP contribution in [0.1, 0.15) is 12.5 Å². The second-order valence-electron chi connectivity index (χ2n) is 2.83. The van der Waals surface area contributed by atoms with Crippen molar-refractivity contribution in [3.63, 3.8) is 0 Å². The number of aromatic nitrogens is 1. The van der Waals surface area contributed by atoms with E-state index in [1.54, 1.807) is 13.0 Å². The van der Waals surface area contributed by atoms with Crippen molar-refractivity contribution < 1.29 is 13.2 Å². The Morgan fingerprint density at radius 3 is 2.75 bits per heavy atom. The van der Waals surface area contributed by atoms with E-state index in [9.17, 15) is 8.42 Å². The molecule has 0 aliphatic carbocycles. The quantitative estimate of drug-likeness (QED) is 0.816. The van der Waals surface area contributed by atoms with E-state index in [2.05, 4.69) is 9.71 Å². The van der Waals surface area contributed by atoms with Crippen LogP contribution in [0.3, 0.4) is 0 Å². The van der Waals surface area contributed by atoms with Crippen molar-refractivity contribution in [2.24, 2.45) is 0 Å². The highest BCUT2D eigenvalue weighted by molar-refractivity contribution is 7.89. The number of nitriles is 1. The smallest absolute Gasteiger partial charge is 0.243 e. The molecule has 0 bridgehead atoms. The molecule has 0 aliphatic heterocycles. The zero-order valence-electron chi connectivity index (χ0n) is 8.89. The summed E-state index contributed by atoms with van der Waals surface area (Å²) >= 11 is 0. The van der Waals surface area contributed by atoms with Gasteiger partial charge in [0.25, 0.3) is 0 Å². The molecule has 0 atom stereocenters. The van der Waals surface area contributed by atoms with Gasteiger partial charge in [0.2, 0.25) is 10.0 Å². The monoisotopic (exact) mass is 241 g/mol. The molecule has 1 aromatic heterocycles. The predicted molar refractivity (Wildman–Crippen MR) is 56.4 cm³/mol. The Kier molecular flexibility index (Phi) is 3.82. The van der Waals surface area contributed by atoms with E-state index in [-0.39, 0.29) is 22.8 Å². The standard InChI is InChI=1S/C9H11N3O3S/c1-3-12-16(13,14)9-6-11-5-8(15-2)7(9)4-10/h5-6,12H,3H2,1-2H3. The summed E-state index contributed by atoms with van der Waals surface area (Å²) < 4.78 is 30.6. The molecule has 0 spiro atoms. The van der Waals surface area contributed by atoms with Gasteiger partial charge in [-0.25, -0.2) is 13.1 Å². The van der Waals surface area contributed by atoms with Crippen molar-refractivity contribution in [1.82, 2.24) is 9.71 Å². The average molecular weight is 241 g/mol. The van der Waals surface area contributed by atoms with Crippen molar-refractivity contribution in [3.8, 4) is 11.8 Å². The lowest BCUT2D eigenvalue weighted by Crippen LogP contribution is -2.24. The highest BCUT2D eigenvalue weighted by Gasteiger charge is 2.21. The lowest BCUT2D eigenvalue weighted by molar-refractivity contribution is 0.409. The molecule has 1 aromatic rings.